The van der Waals surface area contributed by atoms with Crippen LogP contribution in [-0.4, -0.2) is 29.8 Å². The molecule has 0 aliphatic carbocycles. The summed E-state index contributed by atoms with van der Waals surface area (Å²) >= 11 is 5.37. The number of nitrogens with zero attached hydrogens (tertiary/aromatic N) is 1. The van der Waals surface area contributed by atoms with E-state index in [0.29, 0.717) is 5.75 Å². The zero-order valence-corrected chi connectivity index (χ0v) is 11.7. The Morgan fingerprint density at radius 1 is 1.22 bits per heavy atom. The predicted molar refractivity (Wildman–Crippen MR) is 70.2 cm³/mol. The molecule has 0 aliphatic heterocycles. The third kappa shape index (κ3) is 3.23. The van der Waals surface area contributed by atoms with Crippen LogP contribution in [-0.2, 0) is 4.79 Å². The van der Waals surface area contributed by atoms with Crippen molar-refractivity contribution in [1.29, 1.82) is 0 Å². The summed E-state index contributed by atoms with van der Waals surface area (Å²) in [6.45, 7) is 5.88. The molecule has 0 N–H and O–H groups in total. The number of ether oxygens (including phenoxy) is 1. The number of carbonyl (C=O) groups excluding carboxylic acids is 2. The van der Waals surface area contributed by atoms with Gasteiger partial charge in [-0.3, -0.25) is 4.79 Å². The summed E-state index contributed by atoms with van der Waals surface area (Å²) in [4.78, 5) is 23.7. The summed E-state index contributed by atoms with van der Waals surface area (Å²) in [6, 6.07) is 3.53. The monoisotopic (exact) mass is 269 g/mol. The summed E-state index contributed by atoms with van der Waals surface area (Å²) in [5, 5.41) is 0. The van der Waals surface area contributed by atoms with Gasteiger partial charge in [0.15, 0.2) is 0 Å². The van der Waals surface area contributed by atoms with Gasteiger partial charge in [0.2, 0.25) is 5.91 Å². The molecule has 0 spiro atoms. The third-order valence-electron chi connectivity index (χ3n) is 2.87. The van der Waals surface area contributed by atoms with Gasteiger partial charge in [0, 0.05) is 7.05 Å². The second kappa shape index (κ2) is 5.87. The highest BCUT2D eigenvalue weighted by atomic mass is 35.5. The van der Waals surface area contributed by atoms with Crippen LogP contribution in [0.4, 0.5) is 4.79 Å². The van der Waals surface area contributed by atoms with E-state index in [1.165, 1.54) is 7.05 Å². The van der Waals surface area contributed by atoms with Crippen molar-refractivity contribution in [2.24, 2.45) is 0 Å². The summed E-state index contributed by atoms with van der Waals surface area (Å²) in [5.74, 6) is -0.325. The fraction of sp³-hybridized carbons (Fsp3) is 0.385. The largest absolute Gasteiger partial charge is 0.421 e. The Hall–Kier alpha value is -1.55. The lowest BCUT2D eigenvalue weighted by atomic mass is 10.0. The molecule has 0 saturated heterocycles. The Kier molecular flexibility index (Phi) is 4.73. The van der Waals surface area contributed by atoms with Crippen molar-refractivity contribution in [3.05, 3.63) is 28.8 Å². The lowest BCUT2D eigenvalue weighted by Crippen LogP contribution is -2.36. The van der Waals surface area contributed by atoms with Crippen LogP contribution >= 0.6 is 11.6 Å². The maximum atomic E-state index is 11.6. The van der Waals surface area contributed by atoms with Crippen molar-refractivity contribution >= 4 is 23.6 Å². The summed E-state index contributed by atoms with van der Waals surface area (Å²) in [5.41, 5.74) is 3.22. The minimum Gasteiger partial charge on any atom is -0.410 e. The van der Waals surface area contributed by atoms with Crippen LogP contribution in [0.3, 0.4) is 0 Å². The molecule has 18 heavy (non-hydrogen) atoms. The second-order valence-corrected chi connectivity index (χ2v) is 4.40. The summed E-state index contributed by atoms with van der Waals surface area (Å²) in [6.07, 6.45) is -0.733. The van der Waals surface area contributed by atoms with Gasteiger partial charge in [0.05, 0.1) is 0 Å². The van der Waals surface area contributed by atoms with Crippen LogP contribution in [0.2, 0.25) is 0 Å². The first-order valence-electron chi connectivity index (χ1n) is 5.49. The fourth-order valence-corrected chi connectivity index (χ4v) is 1.59. The van der Waals surface area contributed by atoms with Crippen molar-refractivity contribution < 1.29 is 14.3 Å². The number of aryl methyl sites for hydroxylation is 2. The quantitative estimate of drug-likeness (QED) is 0.776. The Morgan fingerprint density at radius 3 is 2.17 bits per heavy atom. The van der Waals surface area contributed by atoms with Crippen LogP contribution < -0.4 is 4.74 Å². The van der Waals surface area contributed by atoms with Gasteiger partial charge in [-0.2, -0.15) is 0 Å². The minimum absolute atomic E-state index is 0.252. The zero-order chi connectivity index (χ0) is 13.9. The normalized spacial score (nSPS) is 10.1. The van der Waals surface area contributed by atoms with Gasteiger partial charge in [0.1, 0.15) is 11.6 Å². The van der Waals surface area contributed by atoms with E-state index >= 15 is 0 Å². The first-order chi connectivity index (χ1) is 8.36. The van der Waals surface area contributed by atoms with Crippen LogP contribution in [0.15, 0.2) is 12.1 Å². The molecule has 0 bridgehead atoms. The van der Waals surface area contributed by atoms with E-state index in [-0.39, 0.29) is 5.88 Å². The van der Waals surface area contributed by atoms with Gasteiger partial charge in [-0.1, -0.05) is 0 Å². The molecule has 0 aromatic heterocycles. The van der Waals surface area contributed by atoms with Crippen molar-refractivity contribution in [2.45, 2.75) is 20.8 Å². The lowest BCUT2D eigenvalue weighted by molar-refractivity contribution is -0.125. The number of amides is 2. The molecule has 0 unspecified atom stereocenters. The van der Waals surface area contributed by atoms with Gasteiger partial charge in [-0.05, 0) is 49.6 Å². The maximum Gasteiger partial charge on any atom is 0.421 e. The van der Waals surface area contributed by atoms with Crippen molar-refractivity contribution in [3.63, 3.8) is 0 Å². The molecule has 2 amide bonds. The minimum atomic E-state index is -0.733. The summed E-state index contributed by atoms with van der Waals surface area (Å²) in [7, 11) is 1.33. The topological polar surface area (TPSA) is 46.6 Å². The molecule has 1 rings (SSSR count). The van der Waals surface area contributed by atoms with E-state index in [2.05, 4.69) is 0 Å². The van der Waals surface area contributed by atoms with E-state index in [0.717, 1.165) is 21.6 Å². The van der Waals surface area contributed by atoms with Gasteiger partial charge in [-0.15, -0.1) is 11.6 Å². The van der Waals surface area contributed by atoms with Crippen molar-refractivity contribution in [2.75, 3.05) is 12.9 Å². The molecule has 1 aromatic carbocycles. The second-order valence-electron chi connectivity index (χ2n) is 4.14. The first kappa shape index (κ1) is 14.5. The van der Waals surface area contributed by atoms with Crippen molar-refractivity contribution in [1.82, 2.24) is 4.90 Å². The van der Waals surface area contributed by atoms with E-state index in [1.807, 2.05) is 20.8 Å². The molecule has 1 aromatic rings. The number of imide groups is 1. The number of hydrogen-bond donors (Lipinski definition) is 0. The van der Waals surface area contributed by atoms with Crippen molar-refractivity contribution in [3.8, 4) is 5.75 Å². The van der Waals surface area contributed by atoms with Gasteiger partial charge in [-0.25, -0.2) is 9.69 Å². The Labute approximate surface area is 111 Å². The Balaban J connectivity index is 2.86. The van der Waals surface area contributed by atoms with Crippen LogP contribution in [0.1, 0.15) is 16.7 Å². The number of halogens is 1. The molecule has 4 nitrogen and oxygen atoms in total. The number of benzene rings is 1. The van der Waals surface area contributed by atoms with Crippen LogP contribution in [0.25, 0.3) is 0 Å². The highest BCUT2D eigenvalue weighted by Crippen LogP contribution is 2.21. The standard InChI is InChI=1S/C13H16ClNO3/c1-8-5-11(6-9(2)10(8)3)18-13(17)15(4)12(16)7-14/h5-6H,7H2,1-4H3. The molecular formula is C13H16ClNO3. The van der Waals surface area contributed by atoms with Gasteiger partial charge >= 0.3 is 6.09 Å². The molecule has 0 saturated carbocycles. The van der Waals surface area contributed by atoms with Gasteiger partial charge < -0.3 is 4.74 Å². The van der Waals surface area contributed by atoms with Crippen LogP contribution in [0, 0.1) is 20.8 Å². The summed E-state index contributed by atoms with van der Waals surface area (Å²) < 4.78 is 5.12. The lowest BCUT2D eigenvalue weighted by Gasteiger charge is -2.15. The molecular weight excluding hydrogens is 254 g/mol. The van der Waals surface area contributed by atoms with E-state index < -0.39 is 12.0 Å². The number of rotatable bonds is 2. The highest BCUT2D eigenvalue weighted by molar-refractivity contribution is 6.28. The average molecular weight is 270 g/mol. The van der Waals surface area contributed by atoms with Crippen LogP contribution in [0.5, 0.6) is 5.75 Å². The smallest absolute Gasteiger partial charge is 0.410 e. The molecule has 0 fully saturated rings. The molecule has 0 atom stereocenters. The SMILES string of the molecule is Cc1cc(OC(=O)N(C)C(=O)CCl)cc(C)c1C. The predicted octanol–water partition coefficient (Wildman–Crippen LogP) is 2.81. The molecule has 0 aliphatic rings. The number of alkyl halides is 1. The molecule has 5 heteroatoms. The Bertz CT molecular complexity index is 462. The average Bonchev–Trinajstić information content (AvgIpc) is 2.33. The Morgan fingerprint density at radius 2 is 1.72 bits per heavy atom. The number of hydrogen-bond acceptors (Lipinski definition) is 3. The number of carbonyl (C=O) groups is 2. The van der Waals surface area contributed by atoms with E-state index in [1.54, 1.807) is 12.1 Å². The van der Waals surface area contributed by atoms with E-state index in [9.17, 15) is 9.59 Å². The third-order valence-corrected chi connectivity index (χ3v) is 3.10. The molecule has 98 valence electrons. The maximum absolute atomic E-state index is 11.6. The zero-order valence-electron chi connectivity index (χ0n) is 10.9. The molecule has 0 heterocycles. The van der Waals surface area contributed by atoms with E-state index in [4.69, 9.17) is 16.3 Å². The van der Waals surface area contributed by atoms with Gasteiger partial charge in [0.25, 0.3) is 0 Å². The fourth-order valence-electron chi connectivity index (χ4n) is 1.42. The highest BCUT2D eigenvalue weighted by Gasteiger charge is 2.18. The first-order valence-corrected chi connectivity index (χ1v) is 6.02. The molecule has 0 radical (unpaired) electrons.